The maximum atomic E-state index is 11.8. The van der Waals surface area contributed by atoms with Crippen LogP contribution in [-0.4, -0.2) is 65.3 Å². The maximum Gasteiger partial charge on any atom is 0.134 e. The Morgan fingerprint density at radius 1 is 0.537 bits per heavy atom. The van der Waals surface area contributed by atoms with Crippen molar-refractivity contribution in [3.05, 3.63) is 0 Å². The van der Waals surface area contributed by atoms with Crippen molar-refractivity contribution in [3.63, 3.8) is 0 Å². The van der Waals surface area contributed by atoms with Crippen molar-refractivity contribution in [3.8, 4) is 11.8 Å². The van der Waals surface area contributed by atoms with Crippen LogP contribution in [0.3, 0.4) is 0 Å². The standard InChI is InChI=1S/C24H38O3.C24H34O3/c2*1-4-7-23(26)18-11-15(18)20-19-14-10-17(14)24(27)12-13(25)5-8-21(24,2)16(19)6-9-22(20,23)3/h13-20,25-27H,4-12H2,1-3H3;13-20,25-27H,5-6,8-12H2,1-3H3/t2*13-,14?,15+,16?,17+,18?,19?,20?,21+,22-,23-,24+/m00/s1. The van der Waals surface area contributed by atoms with Gasteiger partial charge in [-0.05, 0) is 184 Å². The summed E-state index contributed by atoms with van der Waals surface area (Å²) >= 11 is 0. The van der Waals surface area contributed by atoms with Gasteiger partial charge in [0.2, 0.25) is 0 Å². The van der Waals surface area contributed by atoms with Gasteiger partial charge in [0.05, 0.1) is 29.0 Å². The van der Waals surface area contributed by atoms with Gasteiger partial charge in [0.25, 0.3) is 0 Å². The molecule has 0 aromatic rings. The first-order valence-electron chi connectivity index (χ1n) is 23.1. The Hall–Kier alpha value is -0.680. The summed E-state index contributed by atoms with van der Waals surface area (Å²) in [4.78, 5) is 0. The van der Waals surface area contributed by atoms with E-state index in [1.54, 1.807) is 0 Å². The first-order valence-corrected chi connectivity index (χ1v) is 23.1. The third-order valence-electron chi connectivity index (χ3n) is 22.3. The molecule has 12 aliphatic carbocycles. The zero-order chi connectivity index (χ0) is 38.0. The molecule has 0 saturated heterocycles. The molecular weight excluding hydrogens is 673 g/mol. The second kappa shape index (κ2) is 10.7. The molecule has 12 fully saturated rings. The highest BCUT2D eigenvalue weighted by molar-refractivity contribution is 5.36. The van der Waals surface area contributed by atoms with E-state index >= 15 is 0 Å². The lowest BCUT2D eigenvalue weighted by atomic mass is 9.42. The summed E-state index contributed by atoms with van der Waals surface area (Å²) in [6.45, 7) is 13.6. The summed E-state index contributed by atoms with van der Waals surface area (Å²) in [7, 11) is 0. The van der Waals surface area contributed by atoms with Gasteiger partial charge in [-0.15, -0.1) is 5.92 Å². The van der Waals surface area contributed by atoms with Crippen LogP contribution in [0, 0.1) is 116 Å². The lowest BCUT2D eigenvalue weighted by Crippen LogP contribution is -2.65. The summed E-state index contributed by atoms with van der Waals surface area (Å²) in [5.74, 6) is 14.3. The minimum atomic E-state index is -0.802. The second-order valence-electron chi connectivity index (χ2n) is 23.6. The largest absolute Gasteiger partial charge is 0.393 e. The SMILES string of the molecule is CC#C[C@]1(O)C2C[C@H]2C2C3C4C[C@H]4[C@]4(O)C[C@@H](O)CC[C@]4(C)C3CC[C@@]21C.CCC[C@]1(O)C2C[C@H]2C2C3C4C[C@H]4[C@]4(O)C[C@@H](O)CC[C@]4(C)C3CC[C@@]21C. The lowest BCUT2D eigenvalue weighted by molar-refractivity contribution is -0.237. The Balaban J connectivity index is 0.000000126. The monoisotopic (exact) mass is 745 g/mol. The first kappa shape index (κ1) is 36.4. The minimum absolute atomic E-state index is 0.0360. The fourth-order valence-corrected chi connectivity index (χ4v) is 19.7. The molecule has 24 atom stereocenters. The van der Waals surface area contributed by atoms with Crippen molar-refractivity contribution >= 4 is 0 Å². The predicted octanol–water partition coefficient (Wildman–Crippen LogP) is 6.72. The number of aliphatic hydroxyl groups excluding tert-OH is 2. The summed E-state index contributed by atoms with van der Waals surface area (Å²) < 4.78 is 0. The summed E-state index contributed by atoms with van der Waals surface area (Å²) in [5, 5.41) is 67.8. The van der Waals surface area contributed by atoms with Crippen molar-refractivity contribution in [2.45, 2.75) is 179 Å². The van der Waals surface area contributed by atoms with E-state index in [-0.39, 0.29) is 33.9 Å². The number of hydrogen-bond acceptors (Lipinski definition) is 6. The van der Waals surface area contributed by atoms with Gasteiger partial charge >= 0.3 is 0 Å². The van der Waals surface area contributed by atoms with Crippen molar-refractivity contribution in [2.75, 3.05) is 0 Å². The number of aliphatic hydroxyl groups is 6. The Morgan fingerprint density at radius 2 is 0.981 bits per heavy atom. The maximum absolute atomic E-state index is 11.8. The van der Waals surface area contributed by atoms with Gasteiger partial charge in [-0.2, -0.15) is 0 Å². The third kappa shape index (κ3) is 3.95. The van der Waals surface area contributed by atoms with E-state index in [2.05, 4.69) is 46.5 Å². The van der Waals surface area contributed by atoms with Crippen LogP contribution in [0.25, 0.3) is 0 Å². The minimum Gasteiger partial charge on any atom is -0.393 e. The van der Waals surface area contributed by atoms with Crippen LogP contribution < -0.4 is 0 Å². The average molecular weight is 745 g/mol. The predicted molar refractivity (Wildman–Crippen MR) is 206 cm³/mol. The normalized spacial score (nSPS) is 67.9. The molecule has 300 valence electrons. The lowest BCUT2D eigenvalue weighted by Gasteiger charge is -2.64. The first-order chi connectivity index (χ1) is 25.4. The fourth-order valence-electron chi connectivity index (χ4n) is 19.7. The van der Waals surface area contributed by atoms with Crippen LogP contribution >= 0.6 is 0 Å². The molecule has 0 aromatic carbocycles. The quantitative estimate of drug-likeness (QED) is 0.175. The molecular formula is C48H72O6. The molecule has 0 radical (unpaired) electrons. The Morgan fingerprint density at radius 3 is 1.50 bits per heavy atom. The van der Waals surface area contributed by atoms with Gasteiger partial charge in [0.15, 0.2) is 0 Å². The third-order valence-corrected chi connectivity index (χ3v) is 22.3. The Labute approximate surface area is 325 Å². The van der Waals surface area contributed by atoms with Crippen molar-refractivity contribution in [1.29, 1.82) is 0 Å². The van der Waals surface area contributed by atoms with Crippen molar-refractivity contribution in [2.24, 2.45) is 105 Å². The molecule has 12 saturated carbocycles. The van der Waals surface area contributed by atoms with Gasteiger partial charge in [0.1, 0.15) is 5.60 Å². The molecule has 54 heavy (non-hydrogen) atoms. The molecule has 0 aromatic heterocycles. The van der Waals surface area contributed by atoms with Crippen LogP contribution in [0.2, 0.25) is 0 Å². The van der Waals surface area contributed by atoms with Gasteiger partial charge in [-0.1, -0.05) is 47.0 Å². The van der Waals surface area contributed by atoms with Gasteiger partial charge < -0.3 is 30.6 Å². The van der Waals surface area contributed by atoms with E-state index in [9.17, 15) is 30.6 Å². The van der Waals surface area contributed by atoms with E-state index in [0.717, 1.165) is 83.0 Å². The molecule has 12 rings (SSSR count). The number of hydrogen-bond donors (Lipinski definition) is 6. The van der Waals surface area contributed by atoms with Crippen LogP contribution in [-0.2, 0) is 0 Å². The highest BCUT2D eigenvalue weighted by Crippen LogP contribution is 2.83. The Bertz CT molecular complexity index is 1690. The molecule has 6 heteroatoms. The molecule has 0 spiro atoms. The molecule has 0 aliphatic heterocycles. The fraction of sp³-hybridized carbons (Fsp3) is 0.958. The van der Waals surface area contributed by atoms with E-state index in [1.807, 2.05) is 6.92 Å². The highest BCUT2D eigenvalue weighted by Gasteiger charge is 2.83. The van der Waals surface area contributed by atoms with Gasteiger partial charge in [-0.3, -0.25) is 0 Å². The highest BCUT2D eigenvalue weighted by atomic mass is 16.3. The second-order valence-corrected chi connectivity index (χ2v) is 23.6. The molecule has 0 heterocycles. The summed E-state index contributed by atoms with van der Waals surface area (Å²) in [6, 6.07) is 0. The Kier molecular flexibility index (Phi) is 7.23. The molecule has 6 nitrogen and oxygen atoms in total. The topological polar surface area (TPSA) is 121 Å². The summed E-state index contributed by atoms with van der Waals surface area (Å²) in [5.41, 5.74) is -2.67. The van der Waals surface area contributed by atoms with E-state index < -0.39 is 22.4 Å². The number of rotatable bonds is 2. The van der Waals surface area contributed by atoms with Gasteiger partial charge in [0, 0.05) is 24.2 Å². The molecule has 10 unspecified atom stereocenters. The average Bonchev–Trinajstić information content (AvgIpc) is 3.93. The zero-order valence-electron chi connectivity index (χ0n) is 34.2. The van der Waals surface area contributed by atoms with Crippen molar-refractivity contribution in [1.82, 2.24) is 0 Å². The van der Waals surface area contributed by atoms with Gasteiger partial charge in [-0.25, -0.2) is 0 Å². The van der Waals surface area contributed by atoms with Crippen LogP contribution in [0.15, 0.2) is 0 Å². The summed E-state index contributed by atoms with van der Waals surface area (Å²) in [6.07, 6.45) is 15.3. The molecule has 6 N–H and O–H groups in total. The molecule has 0 amide bonds. The molecule has 0 bridgehead atoms. The van der Waals surface area contributed by atoms with E-state index in [1.165, 1.54) is 12.8 Å². The van der Waals surface area contributed by atoms with E-state index in [4.69, 9.17) is 0 Å². The van der Waals surface area contributed by atoms with E-state index in [0.29, 0.717) is 89.8 Å². The van der Waals surface area contributed by atoms with Crippen LogP contribution in [0.1, 0.15) is 144 Å². The molecule has 12 aliphatic rings. The van der Waals surface area contributed by atoms with Crippen LogP contribution in [0.5, 0.6) is 0 Å². The van der Waals surface area contributed by atoms with Crippen LogP contribution in [0.4, 0.5) is 0 Å². The number of fused-ring (bicyclic) bond motifs is 20. The zero-order valence-corrected chi connectivity index (χ0v) is 34.2. The van der Waals surface area contributed by atoms with Crippen molar-refractivity contribution < 1.29 is 30.6 Å². The smallest absolute Gasteiger partial charge is 0.134 e.